The lowest BCUT2D eigenvalue weighted by Crippen LogP contribution is -2.37. The normalized spacial score (nSPS) is 21.1. The van der Waals surface area contributed by atoms with Gasteiger partial charge in [-0.3, -0.25) is 9.78 Å². The summed E-state index contributed by atoms with van der Waals surface area (Å²) in [5.41, 5.74) is -0.0866. The minimum Gasteiger partial charge on any atom is -0.478 e. The number of nitrogens with one attached hydrogen (secondary N) is 1. The standard InChI is InChI=1S/C14H17N3O4/c1-4-14(2)13(20)16-11(17-14)10-9(12(18)19)5-8(6-15-10)7-21-3/h5-6H,4,7H2,1-3H3,(H,18,19)(H,16,17,20). The number of amides is 1. The van der Waals surface area contributed by atoms with Gasteiger partial charge in [-0.25, -0.2) is 9.79 Å². The first-order chi connectivity index (χ1) is 9.91. The summed E-state index contributed by atoms with van der Waals surface area (Å²) in [7, 11) is 1.52. The minimum atomic E-state index is -1.13. The van der Waals surface area contributed by atoms with Crippen LogP contribution in [0, 0.1) is 0 Å². The number of aliphatic imine (C=N–C) groups is 1. The molecular weight excluding hydrogens is 274 g/mol. The van der Waals surface area contributed by atoms with E-state index in [9.17, 15) is 14.7 Å². The van der Waals surface area contributed by atoms with E-state index in [0.717, 1.165) is 0 Å². The van der Waals surface area contributed by atoms with E-state index in [-0.39, 0.29) is 29.6 Å². The van der Waals surface area contributed by atoms with Gasteiger partial charge in [0.1, 0.15) is 11.2 Å². The molecule has 1 unspecified atom stereocenters. The van der Waals surface area contributed by atoms with Gasteiger partial charge in [0.25, 0.3) is 5.91 Å². The smallest absolute Gasteiger partial charge is 0.338 e. The Balaban J connectivity index is 2.47. The number of aromatic nitrogens is 1. The number of ether oxygens (including phenoxy) is 1. The number of aromatic carboxylic acids is 1. The SMILES string of the molecule is CCC1(C)N=C(c2ncc(COC)cc2C(=O)O)NC1=O. The van der Waals surface area contributed by atoms with E-state index in [1.807, 2.05) is 6.92 Å². The highest BCUT2D eigenvalue weighted by Crippen LogP contribution is 2.23. The highest BCUT2D eigenvalue weighted by molar-refractivity contribution is 6.17. The van der Waals surface area contributed by atoms with Gasteiger partial charge in [0, 0.05) is 13.3 Å². The number of carboxylic acid groups (broad SMARTS) is 1. The number of carbonyl (C=O) groups excluding carboxylic acids is 1. The van der Waals surface area contributed by atoms with E-state index in [1.54, 1.807) is 6.92 Å². The van der Waals surface area contributed by atoms with Crippen LogP contribution in [0.5, 0.6) is 0 Å². The van der Waals surface area contributed by atoms with Gasteiger partial charge in [-0.05, 0) is 25.0 Å². The van der Waals surface area contributed by atoms with E-state index in [2.05, 4.69) is 15.3 Å². The van der Waals surface area contributed by atoms with Crippen molar-refractivity contribution < 1.29 is 19.4 Å². The van der Waals surface area contributed by atoms with E-state index in [4.69, 9.17) is 4.74 Å². The van der Waals surface area contributed by atoms with Gasteiger partial charge in [-0.2, -0.15) is 0 Å². The lowest BCUT2D eigenvalue weighted by Gasteiger charge is -2.13. The third-order valence-electron chi connectivity index (χ3n) is 3.48. The summed E-state index contributed by atoms with van der Waals surface area (Å²) >= 11 is 0. The second kappa shape index (κ2) is 5.61. The third kappa shape index (κ3) is 2.78. The van der Waals surface area contributed by atoms with Crippen molar-refractivity contribution in [3.63, 3.8) is 0 Å². The molecule has 0 bridgehead atoms. The molecule has 21 heavy (non-hydrogen) atoms. The second-order valence-corrected chi connectivity index (χ2v) is 5.02. The molecule has 1 aromatic rings. The minimum absolute atomic E-state index is 0.0102. The molecular formula is C14H17N3O4. The molecule has 0 saturated heterocycles. The van der Waals surface area contributed by atoms with Crippen LogP contribution >= 0.6 is 0 Å². The maximum Gasteiger partial charge on any atom is 0.338 e. The van der Waals surface area contributed by atoms with Crippen LogP contribution in [0.4, 0.5) is 0 Å². The van der Waals surface area contributed by atoms with Crippen LogP contribution in [0.2, 0.25) is 0 Å². The Kier molecular flexibility index (Phi) is 4.04. The number of rotatable bonds is 5. The number of methoxy groups -OCH3 is 1. The van der Waals surface area contributed by atoms with Gasteiger partial charge >= 0.3 is 5.97 Å². The molecule has 2 N–H and O–H groups in total. The lowest BCUT2D eigenvalue weighted by atomic mass is 10.0. The van der Waals surface area contributed by atoms with Crippen molar-refractivity contribution in [2.75, 3.05) is 7.11 Å². The fourth-order valence-electron chi connectivity index (χ4n) is 2.02. The Labute approximate surface area is 122 Å². The van der Waals surface area contributed by atoms with E-state index < -0.39 is 11.5 Å². The van der Waals surface area contributed by atoms with Crippen LogP contribution in [-0.2, 0) is 16.1 Å². The lowest BCUT2D eigenvalue weighted by molar-refractivity contribution is -0.123. The molecule has 2 heterocycles. The molecule has 7 nitrogen and oxygen atoms in total. The number of hydrogen-bond donors (Lipinski definition) is 2. The van der Waals surface area contributed by atoms with Gasteiger partial charge in [0.05, 0.1) is 12.2 Å². The number of hydrogen-bond acceptors (Lipinski definition) is 5. The van der Waals surface area contributed by atoms with Crippen molar-refractivity contribution in [3.8, 4) is 0 Å². The molecule has 0 aliphatic carbocycles. The van der Waals surface area contributed by atoms with Crippen LogP contribution in [0.1, 0.15) is 41.9 Å². The number of amidine groups is 1. The van der Waals surface area contributed by atoms with Crippen molar-refractivity contribution >= 4 is 17.7 Å². The van der Waals surface area contributed by atoms with Crippen LogP contribution in [-0.4, -0.2) is 40.5 Å². The summed E-state index contributed by atoms with van der Waals surface area (Å²) in [4.78, 5) is 31.8. The van der Waals surface area contributed by atoms with E-state index in [0.29, 0.717) is 12.0 Å². The monoisotopic (exact) mass is 291 g/mol. The Morgan fingerprint density at radius 1 is 1.52 bits per heavy atom. The average molecular weight is 291 g/mol. The third-order valence-corrected chi connectivity index (χ3v) is 3.48. The fraction of sp³-hybridized carbons (Fsp3) is 0.429. The molecule has 0 fully saturated rings. The summed E-state index contributed by atoms with van der Waals surface area (Å²) in [6.07, 6.45) is 2.04. The molecule has 1 aliphatic rings. The van der Waals surface area contributed by atoms with E-state index in [1.165, 1.54) is 19.4 Å². The first-order valence-corrected chi connectivity index (χ1v) is 6.54. The Hall–Kier alpha value is -2.28. The maximum atomic E-state index is 11.9. The van der Waals surface area contributed by atoms with Gasteiger partial charge in [-0.15, -0.1) is 0 Å². The van der Waals surface area contributed by atoms with Gasteiger partial charge in [0.15, 0.2) is 5.84 Å². The highest BCUT2D eigenvalue weighted by Gasteiger charge is 2.38. The van der Waals surface area contributed by atoms with Crippen LogP contribution in [0.3, 0.4) is 0 Å². The Morgan fingerprint density at radius 2 is 2.24 bits per heavy atom. The number of nitrogens with zero attached hydrogens (tertiary/aromatic N) is 2. The van der Waals surface area contributed by atoms with Gasteiger partial charge < -0.3 is 15.2 Å². The van der Waals surface area contributed by atoms with Crippen LogP contribution in [0.15, 0.2) is 17.3 Å². The first-order valence-electron chi connectivity index (χ1n) is 6.54. The fourth-order valence-corrected chi connectivity index (χ4v) is 2.02. The quantitative estimate of drug-likeness (QED) is 0.842. The molecule has 1 aromatic heterocycles. The number of pyridine rings is 1. The maximum absolute atomic E-state index is 11.9. The zero-order chi connectivity index (χ0) is 15.6. The van der Waals surface area contributed by atoms with Crippen molar-refractivity contribution in [2.45, 2.75) is 32.4 Å². The van der Waals surface area contributed by atoms with Gasteiger partial charge in [0.2, 0.25) is 0 Å². The Morgan fingerprint density at radius 3 is 2.76 bits per heavy atom. The molecule has 1 amide bonds. The van der Waals surface area contributed by atoms with Crippen molar-refractivity contribution in [1.82, 2.24) is 10.3 Å². The topological polar surface area (TPSA) is 101 Å². The molecule has 1 atom stereocenters. The molecule has 0 aromatic carbocycles. The van der Waals surface area contributed by atoms with Crippen molar-refractivity contribution in [3.05, 3.63) is 29.1 Å². The summed E-state index contributed by atoms with van der Waals surface area (Å²) in [5.74, 6) is -1.18. The number of carboxylic acids is 1. The van der Waals surface area contributed by atoms with Crippen LogP contribution in [0.25, 0.3) is 0 Å². The van der Waals surface area contributed by atoms with E-state index >= 15 is 0 Å². The van der Waals surface area contributed by atoms with Crippen molar-refractivity contribution in [2.24, 2.45) is 4.99 Å². The largest absolute Gasteiger partial charge is 0.478 e. The average Bonchev–Trinajstić information content (AvgIpc) is 2.75. The molecule has 2 rings (SSSR count). The number of carbonyl (C=O) groups is 2. The summed E-state index contributed by atoms with van der Waals surface area (Å²) < 4.78 is 4.96. The zero-order valence-corrected chi connectivity index (χ0v) is 12.1. The molecule has 1 aliphatic heterocycles. The first kappa shape index (κ1) is 15.1. The predicted octanol–water partition coefficient (Wildman–Crippen LogP) is 0.971. The molecule has 0 saturated carbocycles. The van der Waals surface area contributed by atoms with Gasteiger partial charge in [-0.1, -0.05) is 6.92 Å². The molecule has 0 radical (unpaired) electrons. The molecule has 112 valence electrons. The Bertz CT molecular complexity index is 627. The molecule has 7 heteroatoms. The molecule has 0 spiro atoms. The zero-order valence-electron chi connectivity index (χ0n) is 12.1. The van der Waals surface area contributed by atoms with Crippen LogP contribution < -0.4 is 5.32 Å². The predicted molar refractivity (Wildman–Crippen MR) is 75.3 cm³/mol. The summed E-state index contributed by atoms with van der Waals surface area (Å²) in [6, 6.07) is 1.48. The summed E-state index contributed by atoms with van der Waals surface area (Å²) in [5, 5.41) is 11.9. The summed E-state index contributed by atoms with van der Waals surface area (Å²) in [6.45, 7) is 3.81. The highest BCUT2D eigenvalue weighted by atomic mass is 16.5. The van der Waals surface area contributed by atoms with Crippen molar-refractivity contribution in [1.29, 1.82) is 0 Å². The second-order valence-electron chi connectivity index (χ2n) is 5.02.